The SMILES string of the molecule is CCCCCC[C@H]1CC[C@H](c2ccc3cc(OCC)ccc3c2)CC1. The summed E-state index contributed by atoms with van der Waals surface area (Å²) in [6.45, 7) is 5.06. The van der Waals surface area contributed by atoms with E-state index in [0.29, 0.717) is 0 Å². The molecule has 0 bridgehead atoms. The van der Waals surface area contributed by atoms with Crippen LogP contribution in [-0.4, -0.2) is 6.61 Å². The maximum Gasteiger partial charge on any atom is 0.119 e. The first kappa shape index (κ1) is 18.3. The zero-order chi connectivity index (χ0) is 17.5. The number of benzene rings is 2. The van der Waals surface area contributed by atoms with Crippen molar-refractivity contribution in [2.24, 2.45) is 5.92 Å². The van der Waals surface area contributed by atoms with Gasteiger partial charge in [-0.05, 0) is 72.9 Å². The summed E-state index contributed by atoms with van der Waals surface area (Å²) in [4.78, 5) is 0. The smallest absolute Gasteiger partial charge is 0.119 e. The Hall–Kier alpha value is -1.50. The largest absolute Gasteiger partial charge is 0.494 e. The molecule has 0 amide bonds. The van der Waals surface area contributed by atoms with E-state index in [0.717, 1.165) is 24.2 Å². The van der Waals surface area contributed by atoms with Crippen LogP contribution in [0.1, 0.15) is 83.1 Å². The average Bonchev–Trinajstić information content (AvgIpc) is 2.66. The first-order chi connectivity index (χ1) is 12.3. The van der Waals surface area contributed by atoms with Crippen molar-refractivity contribution in [2.45, 2.75) is 77.6 Å². The van der Waals surface area contributed by atoms with Crippen molar-refractivity contribution in [3.63, 3.8) is 0 Å². The van der Waals surface area contributed by atoms with Gasteiger partial charge in [0.1, 0.15) is 5.75 Å². The van der Waals surface area contributed by atoms with Gasteiger partial charge in [-0.2, -0.15) is 0 Å². The van der Waals surface area contributed by atoms with Gasteiger partial charge in [-0.25, -0.2) is 0 Å². The minimum atomic E-state index is 0.727. The molecule has 1 nitrogen and oxygen atoms in total. The second-order valence-corrected chi connectivity index (χ2v) is 7.77. The summed E-state index contributed by atoms with van der Waals surface area (Å²) < 4.78 is 5.62. The van der Waals surface area contributed by atoms with Gasteiger partial charge in [-0.15, -0.1) is 0 Å². The Morgan fingerprint density at radius 2 is 1.60 bits per heavy atom. The van der Waals surface area contributed by atoms with E-state index in [1.807, 2.05) is 6.92 Å². The minimum Gasteiger partial charge on any atom is -0.494 e. The zero-order valence-corrected chi connectivity index (χ0v) is 16.1. The molecule has 0 saturated heterocycles. The van der Waals surface area contributed by atoms with Crippen LogP contribution in [0, 0.1) is 5.92 Å². The lowest BCUT2D eigenvalue weighted by atomic mass is 9.77. The van der Waals surface area contributed by atoms with Crippen LogP contribution >= 0.6 is 0 Å². The Bertz CT molecular complexity index is 652. The van der Waals surface area contributed by atoms with Crippen molar-refractivity contribution < 1.29 is 4.74 Å². The number of hydrogen-bond donors (Lipinski definition) is 0. The molecule has 0 spiro atoms. The predicted octanol–water partition coefficient (Wildman–Crippen LogP) is 7.48. The molecule has 136 valence electrons. The quantitative estimate of drug-likeness (QED) is 0.453. The van der Waals surface area contributed by atoms with E-state index in [1.165, 1.54) is 68.6 Å². The molecule has 0 atom stereocenters. The number of rotatable bonds is 8. The van der Waals surface area contributed by atoms with Crippen molar-refractivity contribution in [1.82, 2.24) is 0 Å². The Labute approximate surface area is 153 Å². The zero-order valence-electron chi connectivity index (χ0n) is 16.1. The number of ether oxygens (including phenoxy) is 1. The van der Waals surface area contributed by atoms with Crippen molar-refractivity contribution in [2.75, 3.05) is 6.61 Å². The highest BCUT2D eigenvalue weighted by atomic mass is 16.5. The molecule has 1 aliphatic rings. The third-order valence-corrected chi connectivity index (χ3v) is 5.93. The fourth-order valence-electron chi connectivity index (χ4n) is 4.40. The minimum absolute atomic E-state index is 0.727. The highest BCUT2D eigenvalue weighted by molar-refractivity contribution is 5.84. The van der Waals surface area contributed by atoms with E-state index in [2.05, 4.69) is 43.3 Å². The van der Waals surface area contributed by atoms with Crippen molar-refractivity contribution >= 4 is 10.8 Å². The number of fused-ring (bicyclic) bond motifs is 1. The van der Waals surface area contributed by atoms with E-state index in [1.54, 1.807) is 5.56 Å². The summed E-state index contributed by atoms with van der Waals surface area (Å²) in [6.07, 6.45) is 12.7. The first-order valence-corrected chi connectivity index (χ1v) is 10.5. The van der Waals surface area contributed by atoms with Crippen LogP contribution < -0.4 is 4.74 Å². The summed E-state index contributed by atoms with van der Waals surface area (Å²) >= 11 is 0. The standard InChI is InChI=1S/C24H34O/c1-3-5-6-7-8-19-9-11-20(12-10-19)21-13-14-23-18-24(25-4-2)16-15-22(23)17-21/h13-20H,3-12H2,1-2H3/t19-,20-. The van der Waals surface area contributed by atoms with Crippen LogP contribution in [-0.2, 0) is 0 Å². The van der Waals surface area contributed by atoms with Crippen molar-refractivity contribution in [1.29, 1.82) is 0 Å². The molecule has 1 saturated carbocycles. The lowest BCUT2D eigenvalue weighted by Crippen LogP contribution is -2.13. The van der Waals surface area contributed by atoms with Gasteiger partial charge in [0.15, 0.2) is 0 Å². The summed E-state index contributed by atoms with van der Waals surface area (Å²) in [5, 5.41) is 2.64. The summed E-state index contributed by atoms with van der Waals surface area (Å²) in [5.74, 6) is 2.73. The Balaban J connectivity index is 1.57. The molecule has 0 N–H and O–H groups in total. The van der Waals surface area contributed by atoms with Crippen LogP contribution in [0.5, 0.6) is 5.75 Å². The van der Waals surface area contributed by atoms with E-state index in [9.17, 15) is 0 Å². The molecule has 0 radical (unpaired) electrons. The van der Waals surface area contributed by atoms with Gasteiger partial charge in [-0.3, -0.25) is 0 Å². The van der Waals surface area contributed by atoms with Crippen LogP contribution in [0.3, 0.4) is 0 Å². The Morgan fingerprint density at radius 1 is 0.840 bits per heavy atom. The van der Waals surface area contributed by atoms with Gasteiger partial charge in [-0.1, -0.05) is 63.3 Å². The fraction of sp³-hybridized carbons (Fsp3) is 0.583. The third kappa shape index (κ3) is 5.00. The van der Waals surface area contributed by atoms with Crippen molar-refractivity contribution in [3.8, 4) is 5.75 Å². The summed E-state index contributed by atoms with van der Waals surface area (Å²) in [5.41, 5.74) is 1.54. The second kappa shape index (κ2) is 9.27. The Morgan fingerprint density at radius 3 is 2.36 bits per heavy atom. The van der Waals surface area contributed by atoms with Gasteiger partial charge in [0.2, 0.25) is 0 Å². The molecule has 1 heteroatoms. The monoisotopic (exact) mass is 338 g/mol. The molecule has 25 heavy (non-hydrogen) atoms. The molecule has 1 fully saturated rings. The topological polar surface area (TPSA) is 9.23 Å². The number of hydrogen-bond acceptors (Lipinski definition) is 1. The van der Waals surface area contributed by atoms with Gasteiger partial charge >= 0.3 is 0 Å². The molecular weight excluding hydrogens is 304 g/mol. The highest BCUT2D eigenvalue weighted by Gasteiger charge is 2.22. The Kier molecular flexibility index (Phi) is 6.78. The van der Waals surface area contributed by atoms with E-state index in [4.69, 9.17) is 4.74 Å². The molecule has 0 aliphatic heterocycles. The van der Waals surface area contributed by atoms with Gasteiger partial charge < -0.3 is 4.74 Å². The normalized spacial score (nSPS) is 20.7. The van der Waals surface area contributed by atoms with E-state index >= 15 is 0 Å². The van der Waals surface area contributed by atoms with Crippen LogP contribution in [0.25, 0.3) is 10.8 Å². The molecule has 2 aromatic carbocycles. The average molecular weight is 339 g/mol. The molecule has 0 aromatic heterocycles. The van der Waals surface area contributed by atoms with Gasteiger partial charge in [0.25, 0.3) is 0 Å². The van der Waals surface area contributed by atoms with Gasteiger partial charge in [0.05, 0.1) is 6.61 Å². The molecular formula is C24H34O. The highest BCUT2D eigenvalue weighted by Crippen LogP contribution is 2.38. The lowest BCUT2D eigenvalue weighted by molar-refractivity contribution is 0.302. The van der Waals surface area contributed by atoms with Crippen LogP contribution in [0.4, 0.5) is 0 Å². The second-order valence-electron chi connectivity index (χ2n) is 7.77. The first-order valence-electron chi connectivity index (χ1n) is 10.5. The summed E-state index contributed by atoms with van der Waals surface area (Å²) in [6, 6.07) is 13.5. The number of unbranched alkanes of at least 4 members (excludes halogenated alkanes) is 3. The lowest BCUT2D eigenvalue weighted by Gasteiger charge is -2.29. The molecule has 0 unspecified atom stereocenters. The van der Waals surface area contributed by atoms with Crippen LogP contribution in [0.2, 0.25) is 0 Å². The van der Waals surface area contributed by atoms with E-state index in [-0.39, 0.29) is 0 Å². The fourth-order valence-corrected chi connectivity index (χ4v) is 4.40. The third-order valence-electron chi connectivity index (χ3n) is 5.93. The molecule has 3 rings (SSSR count). The molecule has 1 aliphatic carbocycles. The molecule has 2 aromatic rings. The van der Waals surface area contributed by atoms with Crippen molar-refractivity contribution in [3.05, 3.63) is 42.0 Å². The van der Waals surface area contributed by atoms with E-state index < -0.39 is 0 Å². The molecule has 0 heterocycles. The predicted molar refractivity (Wildman–Crippen MR) is 109 cm³/mol. The maximum absolute atomic E-state index is 5.62. The van der Waals surface area contributed by atoms with Gasteiger partial charge in [0, 0.05) is 0 Å². The maximum atomic E-state index is 5.62. The van der Waals surface area contributed by atoms with Crippen LogP contribution in [0.15, 0.2) is 36.4 Å². The summed E-state index contributed by atoms with van der Waals surface area (Å²) in [7, 11) is 0.